The smallest absolute Gasteiger partial charge is 0.336 e. The molecule has 2 N–H and O–H groups in total. The third-order valence-electron chi connectivity index (χ3n) is 3.42. The van der Waals surface area contributed by atoms with Crippen LogP contribution in [0.4, 0.5) is 10.8 Å². The molecule has 26 heavy (non-hydrogen) atoms. The van der Waals surface area contributed by atoms with E-state index in [0.29, 0.717) is 5.13 Å². The molecule has 3 aromatic rings. The predicted octanol–water partition coefficient (Wildman–Crippen LogP) is 3.86. The molecular weight excluding hydrogens is 356 g/mol. The van der Waals surface area contributed by atoms with Crippen LogP contribution in [-0.4, -0.2) is 27.2 Å². The number of non-ortho nitro benzene ring substituents is 1. The molecule has 0 spiro atoms. The molecule has 2 aromatic carbocycles. The highest BCUT2D eigenvalue weighted by atomic mass is 32.1. The van der Waals surface area contributed by atoms with E-state index in [1.165, 1.54) is 29.7 Å². The number of thiazole rings is 1. The van der Waals surface area contributed by atoms with E-state index in [9.17, 15) is 20.0 Å². The van der Waals surface area contributed by atoms with Crippen molar-refractivity contribution in [2.45, 2.75) is 0 Å². The fraction of sp³-hybridized carbons (Fsp3) is 0. The van der Waals surface area contributed by atoms with Crippen LogP contribution >= 0.6 is 11.3 Å². The van der Waals surface area contributed by atoms with Crippen molar-refractivity contribution in [3.05, 3.63) is 75.2 Å². The SMILES string of the molecule is O=C(O)c1cc([N+](=O)[O-])ccc1C=NNc1nc(-c2ccccc2)cs1. The average Bonchev–Trinajstić information content (AvgIpc) is 3.11. The Morgan fingerprint density at radius 3 is 2.73 bits per heavy atom. The van der Waals surface area contributed by atoms with Gasteiger partial charge in [0.25, 0.3) is 5.69 Å². The van der Waals surface area contributed by atoms with Gasteiger partial charge in [0.1, 0.15) is 0 Å². The van der Waals surface area contributed by atoms with Crippen molar-refractivity contribution < 1.29 is 14.8 Å². The number of hydrogen-bond acceptors (Lipinski definition) is 7. The summed E-state index contributed by atoms with van der Waals surface area (Å²) >= 11 is 1.35. The van der Waals surface area contributed by atoms with Crippen molar-refractivity contribution in [2.24, 2.45) is 5.10 Å². The molecule has 0 aliphatic heterocycles. The van der Waals surface area contributed by atoms with Gasteiger partial charge in [-0.1, -0.05) is 30.3 Å². The van der Waals surface area contributed by atoms with E-state index in [2.05, 4.69) is 15.5 Å². The Labute approximate surface area is 151 Å². The number of carbonyl (C=O) groups is 1. The van der Waals surface area contributed by atoms with E-state index in [-0.39, 0.29) is 16.8 Å². The zero-order chi connectivity index (χ0) is 18.5. The highest BCUT2D eigenvalue weighted by Gasteiger charge is 2.14. The van der Waals surface area contributed by atoms with Crippen LogP contribution in [0.5, 0.6) is 0 Å². The van der Waals surface area contributed by atoms with E-state index in [4.69, 9.17) is 0 Å². The third-order valence-corrected chi connectivity index (χ3v) is 4.16. The number of nitro groups is 1. The van der Waals surface area contributed by atoms with Crippen molar-refractivity contribution in [1.82, 2.24) is 4.98 Å². The molecule has 0 aliphatic carbocycles. The summed E-state index contributed by atoms with van der Waals surface area (Å²) in [6, 6.07) is 13.2. The standard InChI is InChI=1S/C17H12N4O4S/c22-16(23)14-8-13(21(24)25)7-6-12(14)9-18-20-17-19-15(10-26-17)11-4-2-1-3-5-11/h1-10H,(H,19,20)(H,22,23). The Balaban J connectivity index is 1.76. The Morgan fingerprint density at radius 1 is 1.27 bits per heavy atom. The molecule has 0 amide bonds. The van der Waals surface area contributed by atoms with Crippen LogP contribution in [0.25, 0.3) is 11.3 Å². The molecule has 3 rings (SSSR count). The van der Waals surface area contributed by atoms with Gasteiger partial charge in [0.2, 0.25) is 5.13 Å². The van der Waals surface area contributed by atoms with Crippen LogP contribution in [0, 0.1) is 10.1 Å². The van der Waals surface area contributed by atoms with E-state index >= 15 is 0 Å². The molecular formula is C17H12N4O4S. The predicted molar refractivity (Wildman–Crippen MR) is 98.8 cm³/mol. The van der Waals surface area contributed by atoms with Crippen molar-refractivity contribution in [3.63, 3.8) is 0 Å². The van der Waals surface area contributed by atoms with Crippen molar-refractivity contribution >= 4 is 34.3 Å². The van der Waals surface area contributed by atoms with Crippen LogP contribution in [0.2, 0.25) is 0 Å². The molecule has 0 saturated heterocycles. The Morgan fingerprint density at radius 2 is 2.04 bits per heavy atom. The number of rotatable bonds is 6. The minimum atomic E-state index is -1.27. The second kappa shape index (κ2) is 7.53. The second-order valence-corrected chi connectivity index (χ2v) is 5.97. The van der Waals surface area contributed by atoms with Gasteiger partial charge in [0.05, 0.1) is 22.4 Å². The number of hydrogen-bond donors (Lipinski definition) is 2. The Kier molecular flexibility index (Phi) is 4.99. The van der Waals surface area contributed by atoms with Crippen LogP contribution in [0.3, 0.4) is 0 Å². The molecule has 0 bridgehead atoms. The minimum absolute atomic E-state index is 0.200. The lowest BCUT2D eigenvalue weighted by atomic mass is 10.1. The van der Waals surface area contributed by atoms with Gasteiger partial charge in [-0.3, -0.25) is 15.5 Å². The summed E-state index contributed by atoms with van der Waals surface area (Å²) in [4.78, 5) is 25.8. The lowest BCUT2D eigenvalue weighted by molar-refractivity contribution is -0.384. The number of aromatic nitrogens is 1. The van der Waals surface area contributed by atoms with E-state index < -0.39 is 10.9 Å². The molecule has 0 aliphatic rings. The average molecular weight is 368 g/mol. The van der Waals surface area contributed by atoms with Crippen LogP contribution in [-0.2, 0) is 0 Å². The zero-order valence-electron chi connectivity index (χ0n) is 13.2. The first-order valence-electron chi connectivity index (χ1n) is 7.36. The summed E-state index contributed by atoms with van der Waals surface area (Å²) in [6.07, 6.45) is 1.29. The molecule has 0 atom stereocenters. The molecule has 1 heterocycles. The number of nitrogens with zero attached hydrogens (tertiary/aromatic N) is 3. The fourth-order valence-electron chi connectivity index (χ4n) is 2.18. The van der Waals surface area contributed by atoms with Gasteiger partial charge < -0.3 is 5.11 Å². The molecule has 9 heteroatoms. The van der Waals surface area contributed by atoms with Crippen molar-refractivity contribution in [1.29, 1.82) is 0 Å². The summed E-state index contributed by atoms with van der Waals surface area (Å²) in [5.41, 5.74) is 4.27. The maximum atomic E-state index is 11.3. The number of benzene rings is 2. The normalized spacial score (nSPS) is 10.8. The van der Waals surface area contributed by atoms with Gasteiger partial charge >= 0.3 is 5.97 Å². The largest absolute Gasteiger partial charge is 0.478 e. The van der Waals surface area contributed by atoms with Crippen LogP contribution in [0.15, 0.2) is 59.0 Å². The third kappa shape index (κ3) is 3.90. The Bertz CT molecular complexity index is 985. The zero-order valence-corrected chi connectivity index (χ0v) is 14.0. The first kappa shape index (κ1) is 17.2. The monoisotopic (exact) mass is 368 g/mol. The van der Waals surface area contributed by atoms with E-state index in [0.717, 1.165) is 17.3 Å². The lowest BCUT2D eigenvalue weighted by Crippen LogP contribution is -2.04. The maximum Gasteiger partial charge on any atom is 0.336 e. The van der Waals surface area contributed by atoms with Crippen molar-refractivity contribution in [2.75, 3.05) is 5.43 Å². The number of anilines is 1. The van der Waals surface area contributed by atoms with E-state index in [1.54, 1.807) is 0 Å². The molecule has 0 saturated carbocycles. The number of hydrazone groups is 1. The number of nitrogens with one attached hydrogen (secondary N) is 1. The highest BCUT2D eigenvalue weighted by Crippen LogP contribution is 2.24. The number of carboxylic acids is 1. The lowest BCUT2D eigenvalue weighted by Gasteiger charge is -2.01. The van der Waals surface area contributed by atoms with Gasteiger partial charge in [-0.05, 0) is 6.07 Å². The van der Waals surface area contributed by atoms with Gasteiger partial charge in [0, 0.05) is 28.6 Å². The molecule has 1 aromatic heterocycles. The molecule has 130 valence electrons. The topological polar surface area (TPSA) is 118 Å². The second-order valence-electron chi connectivity index (χ2n) is 5.11. The number of aromatic carboxylic acids is 1. The summed E-state index contributed by atoms with van der Waals surface area (Å²) in [5.74, 6) is -1.27. The highest BCUT2D eigenvalue weighted by molar-refractivity contribution is 7.14. The Hall–Kier alpha value is -3.59. The minimum Gasteiger partial charge on any atom is -0.478 e. The maximum absolute atomic E-state index is 11.3. The fourth-order valence-corrected chi connectivity index (χ4v) is 2.85. The first-order valence-corrected chi connectivity index (χ1v) is 8.24. The molecule has 0 fully saturated rings. The summed E-state index contributed by atoms with van der Waals surface area (Å²) in [7, 11) is 0. The first-order chi connectivity index (χ1) is 12.5. The summed E-state index contributed by atoms with van der Waals surface area (Å²) in [5, 5.41) is 26.4. The van der Waals surface area contributed by atoms with Gasteiger partial charge in [-0.25, -0.2) is 9.78 Å². The van der Waals surface area contributed by atoms with Crippen LogP contribution < -0.4 is 5.43 Å². The molecule has 0 unspecified atom stereocenters. The molecule has 8 nitrogen and oxygen atoms in total. The van der Waals surface area contributed by atoms with Gasteiger partial charge in [0.15, 0.2) is 0 Å². The summed E-state index contributed by atoms with van der Waals surface area (Å²) < 4.78 is 0. The number of nitro benzene ring substituents is 1. The summed E-state index contributed by atoms with van der Waals surface area (Å²) in [6.45, 7) is 0. The van der Waals surface area contributed by atoms with E-state index in [1.807, 2.05) is 35.7 Å². The number of carboxylic acid groups (broad SMARTS) is 1. The van der Waals surface area contributed by atoms with Crippen LogP contribution in [0.1, 0.15) is 15.9 Å². The molecule has 0 radical (unpaired) electrons. The van der Waals surface area contributed by atoms with Gasteiger partial charge in [-0.2, -0.15) is 5.10 Å². The van der Waals surface area contributed by atoms with Gasteiger partial charge in [-0.15, -0.1) is 11.3 Å². The quantitative estimate of drug-likeness (QED) is 0.387. The van der Waals surface area contributed by atoms with Crippen molar-refractivity contribution in [3.8, 4) is 11.3 Å².